The molecule has 0 aromatic carbocycles. The third kappa shape index (κ3) is 11.1. The molecule has 0 saturated carbocycles. The standard InChI is InChI=1S/C27H42N6O2/c1-7-15-35-26(29)19-33(6)14-12-21(8-2)13-16-34-25(20(3)4)11-9-10-22-17-23(31-5)27(30)24(18-28)32-22/h7,9,11,15,17,21,29H,8,10,12-14,16,19,30H2,1-6H3,(H,31,32). The van der Waals surface area contributed by atoms with Crippen LogP contribution < -0.4 is 11.1 Å². The molecule has 0 amide bonds. The van der Waals surface area contributed by atoms with Crippen LogP contribution in [0.1, 0.15) is 58.3 Å². The predicted octanol–water partition coefficient (Wildman–Crippen LogP) is 5.25. The van der Waals surface area contributed by atoms with Gasteiger partial charge in [-0.1, -0.05) is 25.5 Å². The van der Waals surface area contributed by atoms with Crippen LogP contribution in [-0.2, 0) is 15.9 Å². The number of hydrogen-bond acceptors (Lipinski definition) is 8. The van der Waals surface area contributed by atoms with Crippen molar-refractivity contribution in [2.75, 3.05) is 44.8 Å². The Morgan fingerprint density at radius 2 is 2.11 bits per heavy atom. The van der Waals surface area contributed by atoms with Gasteiger partial charge in [-0.15, -0.1) is 0 Å². The molecule has 0 aliphatic heterocycles. The number of likely N-dealkylation sites (N-methyl/N-ethyl adjacent to an activating group) is 1. The van der Waals surface area contributed by atoms with Crippen molar-refractivity contribution in [3.8, 4) is 6.07 Å². The van der Waals surface area contributed by atoms with Crippen LogP contribution in [0.25, 0.3) is 0 Å². The van der Waals surface area contributed by atoms with Crippen LogP contribution in [0.4, 0.5) is 11.4 Å². The number of nitrogens with two attached hydrogens (primary N) is 1. The molecule has 4 N–H and O–H groups in total. The summed E-state index contributed by atoms with van der Waals surface area (Å²) in [4.78, 5) is 6.46. The lowest BCUT2D eigenvalue weighted by atomic mass is 9.98. The smallest absolute Gasteiger partial charge is 0.200 e. The fourth-order valence-corrected chi connectivity index (χ4v) is 3.45. The second-order valence-electron chi connectivity index (χ2n) is 8.70. The Morgan fingerprint density at radius 3 is 2.71 bits per heavy atom. The van der Waals surface area contributed by atoms with Gasteiger partial charge in [-0.05, 0) is 70.8 Å². The van der Waals surface area contributed by atoms with E-state index in [1.807, 2.05) is 52.1 Å². The molecule has 192 valence electrons. The molecule has 1 rings (SSSR count). The maximum atomic E-state index is 9.26. The van der Waals surface area contributed by atoms with E-state index in [-0.39, 0.29) is 11.6 Å². The van der Waals surface area contributed by atoms with Crippen molar-refractivity contribution in [3.05, 3.63) is 53.3 Å². The topological polar surface area (TPSA) is 120 Å². The van der Waals surface area contributed by atoms with E-state index in [0.717, 1.165) is 42.8 Å². The number of pyridine rings is 1. The van der Waals surface area contributed by atoms with Gasteiger partial charge in [-0.2, -0.15) is 5.26 Å². The Bertz CT molecular complexity index is 942. The molecule has 1 aromatic heterocycles. The summed E-state index contributed by atoms with van der Waals surface area (Å²) in [5.74, 6) is 1.66. The highest BCUT2D eigenvalue weighted by molar-refractivity contribution is 5.75. The van der Waals surface area contributed by atoms with Crippen LogP contribution >= 0.6 is 0 Å². The number of aromatic nitrogens is 1. The Balaban J connectivity index is 2.57. The van der Waals surface area contributed by atoms with Gasteiger partial charge in [0.1, 0.15) is 11.8 Å². The van der Waals surface area contributed by atoms with Gasteiger partial charge in [-0.25, -0.2) is 4.98 Å². The Kier molecular flexibility index (Phi) is 13.9. The second-order valence-corrected chi connectivity index (χ2v) is 8.70. The van der Waals surface area contributed by atoms with Crippen LogP contribution in [0.15, 0.2) is 41.9 Å². The van der Waals surface area contributed by atoms with Crippen molar-refractivity contribution in [2.45, 2.75) is 53.4 Å². The maximum absolute atomic E-state index is 9.26. The number of rotatable bonds is 15. The van der Waals surface area contributed by atoms with Crippen LogP contribution in [0.2, 0.25) is 0 Å². The molecule has 35 heavy (non-hydrogen) atoms. The molecule has 0 saturated heterocycles. The maximum Gasteiger partial charge on any atom is 0.200 e. The van der Waals surface area contributed by atoms with Gasteiger partial charge < -0.3 is 20.5 Å². The van der Waals surface area contributed by atoms with E-state index in [9.17, 15) is 5.26 Å². The summed E-state index contributed by atoms with van der Waals surface area (Å²) in [6, 6.07) is 3.91. The summed E-state index contributed by atoms with van der Waals surface area (Å²) in [5, 5.41) is 20.1. The Morgan fingerprint density at radius 1 is 1.37 bits per heavy atom. The van der Waals surface area contributed by atoms with E-state index >= 15 is 0 Å². The van der Waals surface area contributed by atoms with Crippen molar-refractivity contribution < 1.29 is 9.47 Å². The minimum Gasteiger partial charge on any atom is -0.494 e. The molecule has 0 aliphatic carbocycles. The summed E-state index contributed by atoms with van der Waals surface area (Å²) in [5.41, 5.74) is 9.12. The number of anilines is 2. The number of allylic oxidation sites excluding steroid dienone is 4. The molecule has 1 heterocycles. The van der Waals surface area contributed by atoms with E-state index in [1.54, 1.807) is 13.1 Å². The molecule has 8 heteroatoms. The predicted molar refractivity (Wildman–Crippen MR) is 144 cm³/mol. The summed E-state index contributed by atoms with van der Waals surface area (Å²) < 4.78 is 11.3. The average molecular weight is 483 g/mol. The lowest BCUT2D eigenvalue weighted by Crippen LogP contribution is -2.28. The number of nitrogens with one attached hydrogen (secondary N) is 2. The zero-order chi connectivity index (χ0) is 26.2. The monoisotopic (exact) mass is 482 g/mol. The Labute approximate surface area is 211 Å². The van der Waals surface area contributed by atoms with E-state index < -0.39 is 0 Å². The second kappa shape index (κ2) is 16.3. The fourth-order valence-electron chi connectivity index (χ4n) is 3.45. The van der Waals surface area contributed by atoms with Crippen LogP contribution in [0, 0.1) is 22.7 Å². The molecular weight excluding hydrogens is 440 g/mol. The lowest BCUT2D eigenvalue weighted by Gasteiger charge is -2.21. The van der Waals surface area contributed by atoms with Gasteiger partial charge in [0.2, 0.25) is 5.90 Å². The lowest BCUT2D eigenvalue weighted by molar-refractivity contribution is 0.188. The minimum atomic E-state index is 0.234. The largest absolute Gasteiger partial charge is 0.494 e. The zero-order valence-corrected chi connectivity index (χ0v) is 22.1. The molecule has 1 aromatic rings. The van der Waals surface area contributed by atoms with Gasteiger partial charge in [0.25, 0.3) is 0 Å². The van der Waals surface area contributed by atoms with Crippen molar-refractivity contribution in [1.29, 1.82) is 10.7 Å². The van der Waals surface area contributed by atoms with Crippen LogP contribution in [0.3, 0.4) is 0 Å². The minimum absolute atomic E-state index is 0.234. The van der Waals surface area contributed by atoms with Gasteiger partial charge in [0.05, 0.1) is 30.8 Å². The summed E-state index contributed by atoms with van der Waals surface area (Å²) in [7, 11) is 3.78. The number of nitrogen functional groups attached to an aromatic ring is 1. The molecule has 0 fully saturated rings. The first-order valence-electron chi connectivity index (χ1n) is 12.1. The van der Waals surface area contributed by atoms with Crippen molar-refractivity contribution in [3.63, 3.8) is 0 Å². The highest BCUT2D eigenvalue weighted by atomic mass is 16.5. The Hall–Kier alpha value is -3.31. The average Bonchev–Trinajstić information content (AvgIpc) is 2.84. The number of nitriles is 1. The molecule has 0 aliphatic rings. The summed E-state index contributed by atoms with van der Waals surface area (Å²) in [6.07, 6.45) is 11.0. The SMILES string of the molecule is CC=COC(=N)CN(C)CCC(CC)CCOC(C=CCc1cc(NC)c(N)c(C#N)n1)=C(C)C. The van der Waals surface area contributed by atoms with Crippen LogP contribution in [-0.4, -0.2) is 49.6 Å². The van der Waals surface area contributed by atoms with E-state index in [0.29, 0.717) is 36.9 Å². The molecular formula is C27H42N6O2. The molecule has 0 radical (unpaired) electrons. The first kappa shape index (κ1) is 29.7. The molecule has 8 nitrogen and oxygen atoms in total. The van der Waals surface area contributed by atoms with Gasteiger partial charge >= 0.3 is 0 Å². The van der Waals surface area contributed by atoms with E-state index in [1.165, 1.54) is 6.26 Å². The van der Waals surface area contributed by atoms with E-state index in [2.05, 4.69) is 22.1 Å². The quantitative estimate of drug-likeness (QED) is 0.135. The molecule has 0 spiro atoms. The van der Waals surface area contributed by atoms with Crippen molar-refractivity contribution >= 4 is 17.3 Å². The first-order valence-corrected chi connectivity index (χ1v) is 12.1. The zero-order valence-electron chi connectivity index (χ0n) is 22.1. The highest BCUT2D eigenvalue weighted by Crippen LogP contribution is 2.22. The number of ether oxygens (including phenoxy) is 2. The first-order chi connectivity index (χ1) is 16.7. The molecule has 0 bridgehead atoms. The molecule has 1 atom stereocenters. The van der Waals surface area contributed by atoms with Gasteiger partial charge in [0.15, 0.2) is 5.69 Å². The van der Waals surface area contributed by atoms with Gasteiger partial charge in [0, 0.05) is 19.2 Å². The normalized spacial score (nSPS) is 12.1. The summed E-state index contributed by atoms with van der Waals surface area (Å²) >= 11 is 0. The number of nitrogens with zero attached hydrogens (tertiary/aromatic N) is 3. The van der Waals surface area contributed by atoms with Crippen molar-refractivity contribution in [2.24, 2.45) is 5.92 Å². The van der Waals surface area contributed by atoms with Crippen LogP contribution in [0.5, 0.6) is 0 Å². The van der Waals surface area contributed by atoms with Crippen molar-refractivity contribution in [1.82, 2.24) is 9.88 Å². The highest BCUT2D eigenvalue weighted by Gasteiger charge is 2.11. The fraction of sp³-hybridized carbons (Fsp3) is 0.519. The van der Waals surface area contributed by atoms with Gasteiger partial charge in [-0.3, -0.25) is 10.3 Å². The molecule has 1 unspecified atom stereocenters. The van der Waals surface area contributed by atoms with E-state index in [4.69, 9.17) is 20.6 Å². The third-order valence-corrected chi connectivity index (χ3v) is 5.62. The number of hydrogen-bond donors (Lipinski definition) is 3. The third-order valence-electron chi connectivity index (χ3n) is 5.62. The summed E-state index contributed by atoms with van der Waals surface area (Å²) in [6.45, 7) is 10.2.